The fraction of sp³-hybridized carbons (Fsp3) is 0.261. The summed E-state index contributed by atoms with van der Waals surface area (Å²) in [5.74, 6) is 0.208. The smallest absolute Gasteiger partial charge is 0.251 e. The Labute approximate surface area is 187 Å². The van der Waals surface area contributed by atoms with E-state index in [-0.39, 0.29) is 16.6 Å². The maximum Gasteiger partial charge on any atom is 0.251 e. The van der Waals surface area contributed by atoms with E-state index in [0.29, 0.717) is 35.6 Å². The van der Waals surface area contributed by atoms with E-state index in [9.17, 15) is 13.2 Å². The highest BCUT2D eigenvalue weighted by molar-refractivity contribution is 7.89. The summed E-state index contributed by atoms with van der Waals surface area (Å²) in [7, 11) is -1.99. The standard InChI is InChI=1S/C23H25N5O3S/c1-4-28(3)32(30,31)20-8-6-16(11-14(20)2)19-13-26-22(24)21(27-19)17-5-7-18-15(12-17)9-10-25-23(18)29/h5-8,11-13H,4,9-10H2,1-3H3,(H2,24,26)(H,25,29). The van der Waals surface area contributed by atoms with E-state index in [1.54, 1.807) is 51.4 Å². The molecule has 1 aliphatic rings. The summed E-state index contributed by atoms with van der Waals surface area (Å²) < 4.78 is 26.7. The zero-order chi connectivity index (χ0) is 23.0. The lowest BCUT2D eigenvalue weighted by Crippen LogP contribution is -2.31. The van der Waals surface area contributed by atoms with Crippen LogP contribution in [0, 0.1) is 6.92 Å². The molecule has 0 atom stereocenters. The lowest BCUT2D eigenvalue weighted by Gasteiger charge is -2.18. The van der Waals surface area contributed by atoms with Crippen molar-refractivity contribution in [1.29, 1.82) is 0 Å². The quantitative estimate of drug-likeness (QED) is 0.616. The third kappa shape index (κ3) is 3.85. The number of fused-ring (bicyclic) bond motifs is 1. The Kier molecular flexibility index (Phi) is 5.70. The summed E-state index contributed by atoms with van der Waals surface area (Å²) in [4.78, 5) is 21.3. The van der Waals surface area contributed by atoms with Crippen LogP contribution in [0.15, 0.2) is 47.5 Å². The largest absolute Gasteiger partial charge is 0.382 e. The number of amides is 1. The van der Waals surface area contributed by atoms with Gasteiger partial charge in [-0.05, 0) is 48.7 Å². The Morgan fingerprint density at radius 2 is 1.91 bits per heavy atom. The van der Waals surface area contributed by atoms with E-state index in [4.69, 9.17) is 10.7 Å². The summed E-state index contributed by atoms with van der Waals surface area (Å²) in [5.41, 5.74) is 11.0. The highest BCUT2D eigenvalue weighted by Crippen LogP contribution is 2.30. The number of hydrogen-bond donors (Lipinski definition) is 2. The monoisotopic (exact) mass is 451 g/mol. The molecule has 0 fully saturated rings. The zero-order valence-corrected chi connectivity index (χ0v) is 19.0. The van der Waals surface area contributed by atoms with Gasteiger partial charge in [0.15, 0.2) is 0 Å². The minimum atomic E-state index is -3.55. The highest BCUT2D eigenvalue weighted by atomic mass is 32.2. The molecule has 166 valence electrons. The molecule has 3 aromatic rings. The zero-order valence-electron chi connectivity index (χ0n) is 18.2. The van der Waals surface area contributed by atoms with E-state index >= 15 is 0 Å². The van der Waals surface area contributed by atoms with Gasteiger partial charge in [0.05, 0.1) is 16.8 Å². The third-order valence-electron chi connectivity index (χ3n) is 5.71. The van der Waals surface area contributed by atoms with Crippen LogP contribution in [0.2, 0.25) is 0 Å². The summed E-state index contributed by atoms with van der Waals surface area (Å²) in [6.45, 7) is 4.54. The average Bonchev–Trinajstić information content (AvgIpc) is 2.78. The molecule has 2 heterocycles. The van der Waals surface area contributed by atoms with Crippen LogP contribution in [0.4, 0.5) is 5.82 Å². The normalized spacial score (nSPS) is 13.7. The molecule has 2 aromatic carbocycles. The summed E-state index contributed by atoms with van der Waals surface area (Å²) in [5, 5.41) is 2.83. The number of nitrogens with two attached hydrogens (primary N) is 1. The molecule has 1 aromatic heterocycles. The minimum Gasteiger partial charge on any atom is -0.382 e. The number of sulfonamides is 1. The second-order valence-electron chi connectivity index (χ2n) is 7.77. The molecule has 1 amide bonds. The molecule has 0 saturated carbocycles. The van der Waals surface area contributed by atoms with Gasteiger partial charge in [-0.2, -0.15) is 0 Å². The predicted octanol–water partition coefficient (Wildman–Crippen LogP) is 2.63. The van der Waals surface area contributed by atoms with E-state index in [2.05, 4.69) is 10.3 Å². The molecule has 3 N–H and O–H groups in total. The maximum atomic E-state index is 12.7. The van der Waals surface area contributed by atoms with Crippen molar-refractivity contribution in [3.05, 3.63) is 59.3 Å². The number of nitrogen functional groups attached to an aromatic ring is 1. The molecule has 32 heavy (non-hydrogen) atoms. The van der Waals surface area contributed by atoms with Crippen molar-refractivity contribution >= 4 is 21.7 Å². The van der Waals surface area contributed by atoms with Crippen molar-refractivity contribution in [1.82, 2.24) is 19.6 Å². The van der Waals surface area contributed by atoms with Gasteiger partial charge >= 0.3 is 0 Å². The number of hydrogen-bond acceptors (Lipinski definition) is 6. The average molecular weight is 452 g/mol. The van der Waals surface area contributed by atoms with Crippen LogP contribution in [-0.4, -0.2) is 48.7 Å². The maximum absolute atomic E-state index is 12.7. The summed E-state index contributed by atoms with van der Waals surface area (Å²) >= 11 is 0. The number of carbonyl (C=O) groups excluding carboxylic acids is 1. The molecular formula is C23H25N5O3S. The molecular weight excluding hydrogens is 426 g/mol. The lowest BCUT2D eigenvalue weighted by atomic mass is 9.96. The van der Waals surface area contributed by atoms with Crippen LogP contribution in [0.3, 0.4) is 0 Å². The van der Waals surface area contributed by atoms with Gasteiger partial charge in [-0.25, -0.2) is 22.7 Å². The van der Waals surface area contributed by atoms with Gasteiger partial charge in [0.1, 0.15) is 11.5 Å². The molecule has 0 aliphatic carbocycles. The highest BCUT2D eigenvalue weighted by Gasteiger charge is 2.22. The number of rotatable bonds is 5. The van der Waals surface area contributed by atoms with Crippen molar-refractivity contribution in [2.24, 2.45) is 0 Å². The molecule has 8 nitrogen and oxygen atoms in total. The van der Waals surface area contributed by atoms with E-state index in [1.165, 1.54) is 4.31 Å². The van der Waals surface area contributed by atoms with Crippen molar-refractivity contribution in [3.63, 3.8) is 0 Å². The van der Waals surface area contributed by atoms with Crippen LogP contribution in [-0.2, 0) is 16.4 Å². The number of benzene rings is 2. The van der Waals surface area contributed by atoms with Crippen LogP contribution in [0.25, 0.3) is 22.5 Å². The van der Waals surface area contributed by atoms with Gasteiger partial charge < -0.3 is 11.1 Å². The number of aromatic nitrogens is 2. The molecule has 1 aliphatic heterocycles. The molecule has 9 heteroatoms. The van der Waals surface area contributed by atoms with Crippen LogP contribution in [0.1, 0.15) is 28.4 Å². The summed E-state index contributed by atoms with van der Waals surface area (Å²) in [6, 6.07) is 10.6. The number of nitrogens with one attached hydrogen (secondary N) is 1. The fourth-order valence-electron chi connectivity index (χ4n) is 3.76. The molecule has 0 bridgehead atoms. The van der Waals surface area contributed by atoms with Crippen molar-refractivity contribution in [3.8, 4) is 22.5 Å². The molecule has 0 unspecified atom stereocenters. The number of nitrogens with zero attached hydrogens (tertiary/aromatic N) is 3. The first-order valence-corrected chi connectivity index (χ1v) is 11.8. The summed E-state index contributed by atoms with van der Waals surface area (Å²) in [6.07, 6.45) is 2.31. The Morgan fingerprint density at radius 3 is 2.62 bits per heavy atom. The first-order valence-electron chi connectivity index (χ1n) is 10.3. The van der Waals surface area contributed by atoms with Crippen LogP contribution in [0.5, 0.6) is 0 Å². The van der Waals surface area contributed by atoms with Gasteiger partial charge in [0.2, 0.25) is 10.0 Å². The van der Waals surface area contributed by atoms with Gasteiger partial charge in [0, 0.05) is 36.8 Å². The van der Waals surface area contributed by atoms with Gasteiger partial charge in [0.25, 0.3) is 5.91 Å². The van der Waals surface area contributed by atoms with Gasteiger partial charge in [-0.1, -0.05) is 19.1 Å². The minimum absolute atomic E-state index is 0.0789. The Morgan fingerprint density at radius 1 is 1.16 bits per heavy atom. The number of carbonyl (C=O) groups is 1. The van der Waals surface area contributed by atoms with Crippen LogP contribution >= 0.6 is 0 Å². The molecule has 0 saturated heterocycles. The van der Waals surface area contributed by atoms with Crippen molar-refractivity contribution in [2.45, 2.75) is 25.2 Å². The molecule has 0 spiro atoms. The van der Waals surface area contributed by atoms with E-state index < -0.39 is 10.0 Å². The lowest BCUT2D eigenvalue weighted by molar-refractivity contribution is 0.0946. The van der Waals surface area contributed by atoms with Crippen molar-refractivity contribution in [2.75, 3.05) is 25.9 Å². The Bertz CT molecular complexity index is 1320. The van der Waals surface area contributed by atoms with E-state index in [1.807, 2.05) is 12.1 Å². The number of anilines is 1. The second-order valence-corrected chi connectivity index (χ2v) is 9.78. The first-order chi connectivity index (χ1) is 15.2. The third-order valence-corrected chi connectivity index (χ3v) is 7.80. The van der Waals surface area contributed by atoms with Crippen molar-refractivity contribution < 1.29 is 13.2 Å². The molecule has 0 radical (unpaired) electrons. The van der Waals surface area contributed by atoms with Gasteiger partial charge in [-0.15, -0.1) is 0 Å². The fourth-order valence-corrected chi connectivity index (χ4v) is 5.14. The predicted molar refractivity (Wildman–Crippen MR) is 124 cm³/mol. The Hall–Kier alpha value is -3.30. The first kappa shape index (κ1) is 21.9. The SMILES string of the molecule is CCN(C)S(=O)(=O)c1ccc(-c2cnc(N)c(-c3ccc4c(c3)CCNC4=O)n2)cc1C. The number of aryl methyl sites for hydroxylation is 1. The molecule has 4 rings (SSSR count). The Balaban J connectivity index is 1.74. The second kappa shape index (κ2) is 8.33. The van der Waals surface area contributed by atoms with Gasteiger partial charge in [-0.3, -0.25) is 4.79 Å². The van der Waals surface area contributed by atoms with E-state index in [0.717, 1.165) is 23.1 Å². The topological polar surface area (TPSA) is 118 Å². The van der Waals surface area contributed by atoms with Crippen LogP contribution < -0.4 is 11.1 Å².